The van der Waals surface area contributed by atoms with Crippen LogP contribution in [-0.4, -0.2) is 23.4 Å². The van der Waals surface area contributed by atoms with Crippen LogP contribution in [0.5, 0.6) is 0 Å². The molecule has 5 nitrogen and oxygen atoms in total. The SMILES string of the molecule is CC(C)(C)NSc1ccc(NC(=O)C(CC2CCCCC2)NC(=O)c2ccc(F)c(F)c2)cc1. The summed E-state index contributed by atoms with van der Waals surface area (Å²) in [6.45, 7) is 6.24. The van der Waals surface area contributed by atoms with Gasteiger partial charge >= 0.3 is 0 Å². The van der Waals surface area contributed by atoms with E-state index in [1.54, 1.807) is 0 Å². The van der Waals surface area contributed by atoms with Crippen molar-refractivity contribution < 1.29 is 18.4 Å². The fourth-order valence-electron chi connectivity index (χ4n) is 3.91. The summed E-state index contributed by atoms with van der Waals surface area (Å²) in [4.78, 5) is 26.9. The minimum atomic E-state index is -1.10. The minimum absolute atomic E-state index is 0.0203. The molecule has 3 rings (SSSR count). The fraction of sp³-hybridized carbons (Fsp3) is 0.462. The van der Waals surface area contributed by atoms with E-state index in [4.69, 9.17) is 0 Å². The van der Waals surface area contributed by atoms with Crippen molar-refractivity contribution in [2.24, 2.45) is 5.92 Å². The van der Waals surface area contributed by atoms with E-state index in [0.29, 0.717) is 18.0 Å². The van der Waals surface area contributed by atoms with Crippen molar-refractivity contribution in [3.05, 3.63) is 59.7 Å². The topological polar surface area (TPSA) is 70.2 Å². The lowest BCUT2D eigenvalue weighted by Crippen LogP contribution is -2.45. The van der Waals surface area contributed by atoms with E-state index >= 15 is 0 Å². The van der Waals surface area contributed by atoms with Crippen LogP contribution in [0, 0.1) is 17.6 Å². The maximum atomic E-state index is 13.6. The molecule has 34 heavy (non-hydrogen) atoms. The zero-order valence-corrected chi connectivity index (χ0v) is 20.7. The molecular weight excluding hydrogens is 456 g/mol. The van der Waals surface area contributed by atoms with Crippen LogP contribution >= 0.6 is 11.9 Å². The molecule has 0 heterocycles. The van der Waals surface area contributed by atoms with Crippen molar-refractivity contribution in [3.63, 3.8) is 0 Å². The Labute approximate surface area is 204 Å². The van der Waals surface area contributed by atoms with Gasteiger partial charge in [0, 0.05) is 21.7 Å². The molecule has 0 aromatic heterocycles. The van der Waals surface area contributed by atoms with Gasteiger partial charge in [-0.1, -0.05) is 32.1 Å². The van der Waals surface area contributed by atoms with Gasteiger partial charge in [-0.05, 0) is 87.5 Å². The Hall–Kier alpha value is -2.45. The van der Waals surface area contributed by atoms with Crippen LogP contribution in [0.4, 0.5) is 14.5 Å². The van der Waals surface area contributed by atoms with E-state index in [-0.39, 0.29) is 17.0 Å². The van der Waals surface area contributed by atoms with Crippen molar-refractivity contribution in [2.45, 2.75) is 75.8 Å². The first-order valence-corrected chi connectivity index (χ1v) is 12.5. The van der Waals surface area contributed by atoms with Crippen molar-refractivity contribution >= 4 is 29.4 Å². The van der Waals surface area contributed by atoms with Gasteiger partial charge in [0.05, 0.1) is 0 Å². The summed E-state index contributed by atoms with van der Waals surface area (Å²) in [5.41, 5.74) is 0.573. The van der Waals surface area contributed by atoms with Gasteiger partial charge in [-0.2, -0.15) is 0 Å². The molecule has 184 valence electrons. The molecule has 1 fully saturated rings. The van der Waals surface area contributed by atoms with Crippen molar-refractivity contribution in [1.82, 2.24) is 10.0 Å². The Morgan fingerprint density at radius 1 is 1.00 bits per heavy atom. The van der Waals surface area contributed by atoms with Crippen molar-refractivity contribution in [3.8, 4) is 0 Å². The highest BCUT2D eigenvalue weighted by Crippen LogP contribution is 2.28. The number of benzene rings is 2. The molecule has 0 bridgehead atoms. The van der Waals surface area contributed by atoms with Gasteiger partial charge in [0.15, 0.2) is 11.6 Å². The number of carbonyl (C=O) groups excluding carboxylic acids is 2. The highest BCUT2D eigenvalue weighted by molar-refractivity contribution is 7.97. The van der Waals surface area contributed by atoms with E-state index < -0.39 is 23.6 Å². The molecule has 0 aliphatic heterocycles. The average Bonchev–Trinajstić information content (AvgIpc) is 2.80. The average molecular weight is 490 g/mol. The third-order valence-electron chi connectivity index (χ3n) is 5.69. The first-order valence-electron chi connectivity index (χ1n) is 11.7. The third-order valence-corrected chi connectivity index (χ3v) is 6.92. The third kappa shape index (κ3) is 8.09. The molecule has 8 heteroatoms. The van der Waals surface area contributed by atoms with Crippen molar-refractivity contribution in [2.75, 3.05) is 5.32 Å². The lowest BCUT2D eigenvalue weighted by atomic mass is 9.84. The summed E-state index contributed by atoms with van der Waals surface area (Å²) in [7, 11) is 0. The van der Waals surface area contributed by atoms with Crippen LogP contribution in [-0.2, 0) is 4.79 Å². The van der Waals surface area contributed by atoms with Gasteiger partial charge in [0.1, 0.15) is 6.04 Å². The number of anilines is 1. The Morgan fingerprint density at radius 2 is 1.68 bits per heavy atom. The Bertz CT molecular complexity index is 987. The number of hydrogen-bond acceptors (Lipinski definition) is 4. The maximum Gasteiger partial charge on any atom is 0.252 e. The van der Waals surface area contributed by atoms with E-state index in [9.17, 15) is 18.4 Å². The van der Waals surface area contributed by atoms with Gasteiger partial charge in [0.25, 0.3) is 5.91 Å². The second-order valence-corrected chi connectivity index (χ2v) is 10.7. The zero-order valence-electron chi connectivity index (χ0n) is 19.9. The van der Waals surface area contributed by atoms with Crippen molar-refractivity contribution in [1.29, 1.82) is 0 Å². The van der Waals surface area contributed by atoms with E-state index in [2.05, 4.69) is 36.1 Å². The summed E-state index contributed by atoms with van der Waals surface area (Å²) < 4.78 is 30.2. The molecule has 2 amide bonds. The molecule has 0 radical (unpaired) electrons. The van der Waals surface area contributed by atoms with Crippen LogP contribution in [0.3, 0.4) is 0 Å². The van der Waals surface area contributed by atoms with Gasteiger partial charge < -0.3 is 10.6 Å². The Balaban J connectivity index is 1.68. The first kappa shape index (κ1) is 26.2. The first-order chi connectivity index (χ1) is 16.1. The molecule has 0 spiro atoms. The zero-order chi connectivity index (χ0) is 24.7. The molecular formula is C26H33F2N3O2S. The second kappa shape index (κ2) is 11.8. The van der Waals surface area contributed by atoms with E-state index in [1.807, 2.05) is 24.3 Å². The van der Waals surface area contributed by atoms with Crippen LogP contribution in [0.15, 0.2) is 47.4 Å². The number of carbonyl (C=O) groups is 2. The molecule has 1 aliphatic carbocycles. The predicted octanol–water partition coefficient (Wildman–Crippen LogP) is 6.07. The molecule has 1 saturated carbocycles. The Kier molecular flexibility index (Phi) is 9.08. The molecule has 1 unspecified atom stereocenters. The van der Waals surface area contributed by atoms with Crippen LogP contribution in [0.25, 0.3) is 0 Å². The number of rotatable bonds is 8. The lowest BCUT2D eigenvalue weighted by molar-refractivity contribution is -0.118. The van der Waals surface area contributed by atoms with E-state index in [1.165, 1.54) is 24.4 Å². The van der Waals surface area contributed by atoms with Crippen LogP contribution < -0.4 is 15.4 Å². The number of hydrogen-bond donors (Lipinski definition) is 3. The number of amides is 2. The molecule has 3 N–H and O–H groups in total. The fourth-order valence-corrected chi connectivity index (χ4v) is 4.61. The predicted molar refractivity (Wildman–Crippen MR) is 133 cm³/mol. The second-order valence-electron chi connectivity index (χ2n) is 9.86. The molecule has 2 aromatic carbocycles. The maximum absolute atomic E-state index is 13.6. The largest absolute Gasteiger partial charge is 0.340 e. The summed E-state index contributed by atoms with van der Waals surface area (Å²) >= 11 is 1.52. The molecule has 1 aliphatic rings. The van der Waals surface area contributed by atoms with Gasteiger partial charge in [-0.3, -0.25) is 14.3 Å². The van der Waals surface area contributed by atoms with Crippen LogP contribution in [0.1, 0.15) is 69.7 Å². The molecule has 1 atom stereocenters. The number of nitrogens with one attached hydrogen (secondary N) is 3. The highest BCUT2D eigenvalue weighted by atomic mass is 32.2. The quantitative estimate of drug-likeness (QED) is 0.394. The summed E-state index contributed by atoms with van der Waals surface area (Å²) in [5.74, 6) is -2.71. The van der Waals surface area contributed by atoms with Crippen LogP contribution in [0.2, 0.25) is 0 Å². The normalized spacial score (nSPS) is 15.6. The van der Waals surface area contributed by atoms with Gasteiger partial charge in [0.2, 0.25) is 5.91 Å². The molecule has 2 aromatic rings. The summed E-state index contributed by atoms with van der Waals surface area (Å²) in [6, 6.07) is 9.66. The van der Waals surface area contributed by atoms with E-state index in [0.717, 1.165) is 42.7 Å². The Morgan fingerprint density at radius 3 is 2.29 bits per heavy atom. The standard InChI is InChI=1S/C26H33F2N3O2S/c1-26(2,3)31-34-20-12-10-19(11-13-20)29-25(33)23(15-17-7-5-4-6-8-17)30-24(32)18-9-14-21(27)22(28)16-18/h9-14,16-17,23,31H,4-8,15H2,1-3H3,(H,29,33)(H,30,32). The summed E-state index contributed by atoms with van der Waals surface area (Å²) in [6.07, 6.45) is 5.93. The van der Waals surface area contributed by atoms with Gasteiger partial charge in [-0.15, -0.1) is 0 Å². The van der Waals surface area contributed by atoms with Gasteiger partial charge in [-0.25, -0.2) is 8.78 Å². The molecule has 0 saturated heterocycles. The minimum Gasteiger partial charge on any atom is -0.340 e. The highest BCUT2D eigenvalue weighted by Gasteiger charge is 2.27. The summed E-state index contributed by atoms with van der Waals surface area (Å²) in [5, 5.41) is 5.63. The monoisotopic (exact) mass is 489 g/mol. The number of halogens is 2. The smallest absolute Gasteiger partial charge is 0.252 e. The lowest BCUT2D eigenvalue weighted by Gasteiger charge is -2.26.